The van der Waals surface area contributed by atoms with Gasteiger partial charge in [-0.2, -0.15) is 5.26 Å². The number of imidazole rings is 1. The molecule has 0 spiro atoms. The number of aryl methyl sites for hydroxylation is 1. The van der Waals surface area contributed by atoms with Crippen LogP contribution in [0.25, 0.3) is 28.0 Å². The van der Waals surface area contributed by atoms with Crippen molar-refractivity contribution < 1.29 is 4.79 Å². The van der Waals surface area contributed by atoms with E-state index in [-0.39, 0.29) is 5.91 Å². The number of aromatic nitrogens is 3. The quantitative estimate of drug-likeness (QED) is 0.476. The van der Waals surface area contributed by atoms with Crippen molar-refractivity contribution >= 4 is 33.9 Å². The fraction of sp³-hybridized carbons (Fsp3) is 0.174. The summed E-state index contributed by atoms with van der Waals surface area (Å²) in [5.41, 5.74) is 3.96. The van der Waals surface area contributed by atoms with Crippen molar-refractivity contribution in [2.24, 2.45) is 0 Å². The predicted molar refractivity (Wildman–Crippen MR) is 114 cm³/mol. The topological polar surface area (TPSA) is 86.5 Å². The predicted octanol–water partition coefficient (Wildman–Crippen LogP) is 3.80. The van der Waals surface area contributed by atoms with E-state index in [0.29, 0.717) is 25.9 Å². The molecule has 0 fully saturated rings. The van der Waals surface area contributed by atoms with Crippen molar-refractivity contribution in [1.82, 2.24) is 19.9 Å². The monoisotopic (exact) mass is 383 g/mol. The minimum atomic E-state index is -0.144. The Labute approximate surface area is 168 Å². The van der Waals surface area contributed by atoms with Gasteiger partial charge in [0, 0.05) is 48.2 Å². The number of rotatable bonds is 7. The number of fused-ring (bicyclic) bond motifs is 2. The summed E-state index contributed by atoms with van der Waals surface area (Å²) in [6, 6.07) is 18.0. The maximum atomic E-state index is 12.2. The Morgan fingerprint density at radius 3 is 2.90 bits per heavy atom. The van der Waals surface area contributed by atoms with Gasteiger partial charge in [-0.3, -0.25) is 4.79 Å². The summed E-state index contributed by atoms with van der Waals surface area (Å²) in [5, 5.41) is 12.8. The molecule has 1 amide bonds. The first-order valence-corrected chi connectivity index (χ1v) is 9.59. The van der Waals surface area contributed by atoms with E-state index >= 15 is 0 Å². The van der Waals surface area contributed by atoms with E-state index in [4.69, 9.17) is 5.26 Å². The second-order valence-electron chi connectivity index (χ2n) is 6.78. The lowest BCUT2D eigenvalue weighted by Gasteiger charge is -2.00. The number of nitriles is 1. The molecule has 144 valence electrons. The molecule has 2 aromatic carbocycles. The lowest BCUT2D eigenvalue weighted by molar-refractivity contribution is -0.116. The van der Waals surface area contributed by atoms with Crippen molar-refractivity contribution in [3.8, 4) is 6.07 Å². The molecule has 4 aromatic rings. The van der Waals surface area contributed by atoms with Gasteiger partial charge in [-0.25, -0.2) is 4.98 Å². The molecule has 0 saturated heterocycles. The van der Waals surface area contributed by atoms with Crippen LogP contribution in [0.3, 0.4) is 0 Å². The third-order valence-corrected chi connectivity index (χ3v) is 4.80. The summed E-state index contributed by atoms with van der Waals surface area (Å²) in [4.78, 5) is 20.0. The van der Waals surface area contributed by atoms with Gasteiger partial charge in [0.25, 0.3) is 0 Å². The Bertz CT molecular complexity index is 1190. The fourth-order valence-electron chi connectivity index (χ4n) is 3.42. The third kappa shape index (κ3) is 4.19. The first kappa shape index (κ1) is 18.5. The number of nitrogens with zero attached hydrogens (tertiary/aromatic N) is 3. The largest absolute Gasteiger partial charge is 0.352 e. The number of amides is 1. The molecule has 0 radical (unpaired) electrons. The molecule has 0 saturated carbocycles. The normalized spacial score (nSPS) is 11.3. The molecular formula is C23H21N5O. The van der Waals surface area contributed by atoms with Crippen LogP contribution in [0.15, 0.2) is 60.8 Å². The number of hydrogen-bond acceptors (Lipinski definition) is 3. The zero-order valence-electron chi connectivity index (χ0n) is 15.9. The highest BCUT2D eigenvalue weighted by Gasteiger charge is 2.07. The number of H-pyrrole nitrogens is 1. The molecule has 0 bridgehead atoms. The number of benzene rings is 2. The summed E-state index contributed by atoms with van der Waals surface area (Å²) in [6.45, 7) is 1.14. The summed E-state index contributed by atoms with van der Waals surface area (Å²) >= 11 is 0. The smallest absolute Gasteiger partial charge is 0.244 e. The van der Waals surface area contributed by atoms with Gasteiger partial charge >= 0.3 is 0 Å². The van der Waals surface area contributed by atoms with Gasteiger partial charge in [0.2, 0.25) is 5.91 Å². The third-order valence-electron chi connectivity index (χ3n) is 4.80. The van der Waals surface area contributed by atoms with Crippen molar-refractivity contribution in [3.05, 3.63) is 72.2 Å². The fourth-order valence-corrected chi connectivity index (χ4v) is 3.42. The average Bonchev–Trinajstić information content (AvgIpc) is 3.31. The van der Waals surface area contributed by atoms with Crippen molar-refractivity contribution in [2.75, 3.05) is 6.54 Å². The van der Waals surface area contributed by atoms with Gasteiger partial charge in [-0.1, -0.05) is 30.3 Å². The molecule has 2 heterocycles. The summed E-state index contributed by atoms with van der Waals surface area (Å²) in [7, 11) is 0. The van der Waals surface area contributed by atoms with Crippen LogP contribution in [0, 0.1) is 11.3 Å². The summed E-state index contributed by atoms with van der Waals surface area (Å²) in [6.07, 6.45) is 6.45. The molecule has 4 rings (SSSR count). The van der Waals surface area contributed by atoms with Crippen LogP contribution in [0.1, 0.15) is 17.8 Å². The molecule has 0 atom stereocenters. The van der Waals surface area contributed by atoms with E-state index in [9.17, 15) is 4.79 Å². The highest BCUT2D eigenvalue weighted by Crippen LogP contribution is 2.22. The number of hydrogen-bond donors (Lipinski definition) is 2. The standard InChI is InChI=1S/C23H21N5O/c24-13-5-15-28-16-17(18-6-1-4-9-21(18)28)10-11-23(29)25-14-12-22-26-19-7-2-3-8-20(19)27-22/h1-4,6-11,16H,5,12,14-15H2,(H,25,29)(H,26,27)/b11-10+. The molecule has 6 heteroatoms. The number of aromatic amines is 1. The van der Waals surface area contributed by atoms with Gasteiger partial charge in [-0.05, 0) is 24.3 Å². The van der Waals surface area contributed by atoms with Crippen molar-refractivity contribution in [3.63, 3.8) is 0 Å². The maximum Gasteiger partial charge on any atom is 0.244 e. The van der Waals surface area contributed by atoms with E-state index in [1.54, 1.807) is 6.08 Å². The highest BCUT2D eigenvalue weighted by atomic mass is 16.1. The maximum absolute atomic E-state index is 12.2. The molecule has 0 aliphatic carbocycles. The molecule has 2 aromatic heterocycles. The molecular weight excluding hydrogens is 362 g/mol. The van der Waals surface area contributed by atoms with Crippen LogP contribution in [-0.2, 0) is 17.8 Å². The lowest BCUT2D eigenvalue weighted by Crippen LogP contribution is -2.23. The van der Waals surface area contributed by atoms with Gasteiger partial charge in [0.15, 0.2) is 0 Å². The Balaban J connectivity index is 1.38. The second kappa shape index (κ2) is 8.44. The highest BCUT2D eigenvalue weighted by molar-refractivity contribution is 5.96. The minimum Gasteiger partial charge on any atom is -0.352 e. The zero-order valence-corrected chi connectivity index (χ0v) is 15.9. The number of carbonyl (C=O) groups is 1. The molecule has 2 N–H and O–H groups in total. The number of carbonyl (C=O) groups excluding carboxylic acids is 1. The van der Waals surface area contributed by atoms with Crippen LogP contribution in [0.5, 0.6) is 0 Å². The molecule has 0 aliphatic rings. The second-order valence-corrected chi connectivity index (χ2v) is 6.78. The van der Waals surface area contributed by atoms with Crippen LogP contribution >= 0.6 is 0 Å². The van der Waals surface area contributed by atoms with E-state index in [0.717, 1.165) is 33.3 Å². The van der Waals surface area contributed by atoms with Crippen LogP contribution < -0.4 is 5.32 Å². The molecule has 29 heavy (non-hydrogen) atoms. The van der Waals surface area contributed by atoms with Crippen LogP contribution in [0.4, 0.5) is 0 Å². The van der Waals surface area contributed by atoms with Crippen LogP contribution in [-0.4, -0.2) is 27.0 Å². The Morgan fingerprint density at radius 2 is 2.03 bits per heavy atom. The van der Waals surface area contributed by atoms with E-state index in [1.165, 1.54) is 0 Å². The van der Waals surface area contributed by atoms with Crippen molar-refractivity contribution in [1.29, 1.82) is 5.26 Å². The molecule has 0 aliphatic heterocycles. The van der Waals surface area contributed by atoms with Gasteiger partial charge in [-0.15, -0.1) is 0 Å². The lowest BCUT2D eigenvalue weighted by atomic mass is 10.1. The Morgan fingerprint density at radius 1 is 1.21 bits per heavy atom. The zero-order chi connectivity index (χ0) is 20.1. The van der Waals surface area contributed by atoms with Crippen LogP contribution in [0.2, 0.25) is 0 Å². The minimum absolute atomic E-state index is 0.144. The SMILES string of the molecule is N#CCCn1cc(/C=C/C(=O)NCCc2nc3ccccc3[nH]2)c2ccccc21. The first-order valence-electron chi connectivity index (χ1n) is 9.59. The average molecular weight is 383 g/mol. The first-order chi connectivity index (χ1) is 14.2. The molecule has 6 nitrogen and oxygen atoms in total. The van der Waals surface area contributed by atoms with E-state index in [2.05, 4.69) is 25.9 Å². The number of para-hydroxylation sites is 3. The Kier molecular flexibility index (Phi) is 5.39. The van der Waals surface area contributed by atoms with Gasteiger partial charge in [0.1, 0.15) is 5.82 Å². The van der Waals surface area contributed by atoms with Gasteiger partial charge in [0.05, 0.1) is 23.5 Å². The summed E-state index contributed by atoms with van der Waals surface area (Å²) < 4.78 is 2.05. The van der Waals surface area contributed by atoms with E-state index in [1.807, 2.05) is 60.8 Å². The van der Waals surface area contributed by atoms with Crippen molar-refractivity contribution in [2.45, 2.75) is 19.4 Å². The Hall–Kier alpha value is -3.85. The summed E-state index contributed by atoms with van der Waals surface area (Å²) in [5.74, 6) is 0.714. The van der Waals surface area contributed by atoms with E-state index < -0.39 is 0 Å². The van der Waals surface area contributed by atoms with Gasteiger partial charge < -0.3 is 14.9 Å². The number of nitrogens with one attached hydrogen (secondary N) is 2. The molecule has 0 unspecified atom stereocenters.